The lowest BCUT2D eigenvalue weighted by Crippen LogP contribution is -2.47. The Balaban J connectivity index is 2.40. The van der Waals surface area contributed by atoms with E-state index in [2.05, 4.69) is 10.6 Å². The van der Waals surface area contributed by atoms with Crippen molar-refractivity contribution in [1.29, 1.82) is 0 Å². The van der Waals surface area contributed by atoms with Gasteiger partial charge in [0.15, 0.2) is 0 Å². The summed E-state index contributed by atoms with van der Waals surface area (Å²) < 4.78 is 0. The highest BCUT2D eigenvalue weighted by atomic mass is 16.2. The molecule has 1 saturated carbocycles. The number of carbonyl (C=O) groups is 5. The molecule has 0 aromatic rings. The summed E-state index contributed by atoms with van der Waals surface area (Å²) in [5, 5.41) is 4.91. The Morgan fingerprint density at radius 3 is 2.41 bits per heavy atom. The summed E-state index contributed by atoms with van der Waals surface area (Å²) in [6.45, 7) is 4.73. The van der Waals surface area contributed by atoms with E-state index in [1.807, 2.05) is 0 Å². The number of hydrogen-bond acceptors (Lipinski definition) is 5. The molecule has 4 atom stereocenters. The van der Waals surface area contributed by atoms with Crippen LogP contribution in [-0.2, 0) is 24.0 Å². The molecule has 0 aromatic heterocycles. The largest absolute Gasteiger partial charge is 0.345 e. The molecule has 0 aliphatic heterocycles. The number of hydrogen-bond donors (Lipinski definition) is 2. The van der Waals surface area contributed by atoms with E-state index in [-0.39, 0.29) is 36.7 Å². The molecule has 22 heavy (non-hydrogen) atoms. The molecular weight excluding hydrogens is 288 g/mol. The topological polar surface area (TPSA) is 109 Å². The number of aldehydes is 1. The highest BCUT2D eigenvalue weighted by Gasteiger charge is 2.38. The Morgan fingerprint density at radius 1 is 1.27 bits per heavy atom. The summed E-state index contributed by atoms with van der Waals surface area (Å²) >= 11 is 0. The van der Waals surface area contributed by atoms with Crippen LogP contribution in [0.25, 0.3) is 0 Å². The van der Waals surface area contributed by atoms with Gasteiger partial charge in [0.1, 0.15) is 23.9 Å². The van der Waals surface area contributed by atoms with E-state index in [4.69, 9.17) is 0 Å². The highest BCUT2D eigenvalue weighted by molar-refractivity contribution is 6.10. The van der Waals surface area contributed by atoms with Crippen LogP contribution in [0, 0.1) is 11.8 Å². The zero-order valence-electron chi connectivity index (χ0n) is 13.0. The number of rotatable bonds is 7. The number of amides is 2. The van der Waals surface area contributed by atoms with E-state index in [0.717, 1.165) is 0 Å². The van der Waals surface area contributed by atoms with Gasteiger partial charge in [-0.25, -0.2) is 0 Å². The van der Waals surface area contributed by atoms with Crippen molar-refractivity contribution >= 4 is 29.7 Å². The third-order valence-corrected chi connectivity index (χ3v) is 3.73. The Kier molecular flexibility index (Phi) is 6.39. The fraction of sp³-hybridized carbons (Fsp3) is 0.667. The summed E-state index contributed by atoms with van der Waals surface area (Å²) in [6.07, 6.45) is 1.01. The van der Waals surface area contributed by atoms with E-state index < -0.39 is 29.8 Å². The molecule has 0 aromatic carbocycles. The average Bonchev–Trinajstić information content (AvgIpc) is 2.69. The van der Waals surface area contributed by atoms with Gasteiger partial charge in [0.05, 0.1) is 12.0 Å². The normalized spacial score (nSPS) is 23.8. The van der Waals surface area contributed by atoms with Gasteiger partial charge in [-0.15, -0.1) is 0 Å². The quantitative estimate of drug-likeness (QED) is 0.498. The molecule has 2 N–H and O–H groups in total. The van der Waals surface area contributed by atoms with Crippen LogP contribution >= 0.6 is 0 Å². The van der Waals surface area contributed by atoms with Crippen molar-refractivity contribution in [2.24, 2.45) is 11.8 Å². The summed E-state index contributed by atoms with van der Waals surface area (Å²) in [6, 6.07) is -1.41. The van der Waals surface area contributed by atoms with Crippen LogP contribution in [0.2, 0.25) is 0 Å². The van der Waals surface area contributed by atoms with Crippen molar-refractivity contribution in [3.05, 3.63) is 0 Å². The summed E-state index contributed by atoms with van der Waals surface area (Å²) in [4.78, 5) is 57.3. The van der Waals surface area contributed by atoms with Crippen molar-refractivity contribution in [2.75, 3.05) is 0 Å². The monoisotopic (exact) mass is 310 g/mol. The van der Waals surface area contributed by atoms with Gasteiger partial charge >= 0.3 is 0 Å². The molecule has 0 radical (unpaired) electrons. The fourth-order valence-corrected chi connectivity index (χ4v) is 2.39. The summed E-state index contributed by atoms with van der Waals surface area (Å²) in [5.74, 6) is -2.05. The zero-order valence-corrected chi connectivity index (χ0v) is 13.0. The number of carbonyl (C=O) groups excluding carboxylic acids is 5. The molecule has 0 bridgehead atoms. The predicted molar refractivity (Wildman–Crippen MR) is 77.8 cm³/mol. The van der Waals surface area contributed by atoms with Crippen LogP contribution < -0.4 is 10.6 Å². The minimum atomic E-state index is -0.788. The maximum atomic E-state index is 11.8. The predicted octanol–water partition coefficient (Wildman–Crippen LogP) is -0.231. The van der Waals surface area contributed by atoms with Crippen molar-refractivity contribution < 1.29 is 24.0 Å². The number of ketones is 2. The van der Waals surface area contributed by atoms with Crippen molar-refractivity contribution in [3.8, 4) is 0 Å². The Labute approximate surface area is 129 Å². The fourth-order valence-electron chi connectivity index (χ4n) is 2.39. The Hall–Kier alpha value is -2.05. The Morgan fingerprint density at radius 2 is 1.91 bits per heavy atom. The minimum Gasteiger partial charge on any atom is -0.345 e. The number of nitrogens with one attached hydrogen (secondary N) is 2. The maximum Gasteiger partial charge on any atom is 0.242 e. The van der Waals surface area contributed by atoms with Gasteiger partial charge in [-0.3, -0.25) is 19.2 Å². The lowest BCUT2D eigenvalue weighted by atomic mass is 9.98. The van der Waals surface area contributed by atoms with Crippen LogP contribution in [-0.4, -0.2) is 41.8 Å². The van der Waals surface area contributed by atoms with Crippen molar-refractivity contribution in [3.63, 3.8) is 0 Å². The molecule has 0 saturated heterocycles. The zero-order chi connectivity index (χ0) is 16.9. The van der Waals surface area contributed by atoms with E-state index in [1.165, 1.54) is 13.8 Å². The van der Waals surface area contributed by atoms with Gasteiger partial charge in [0.2, 0.25) is 11.8 Å². The lowest BCUT2D eigenvalue weighted by molar-refractivity contribution is -0.131. The third kappa shape index (κ3) is 4.75. The second-order valence-electron chi connectivity index (χ2n) is 5.79. The molecule has 1 fully saturated rings. The highest BCUT2D eigenvalue weighted by Crippen LogP contribution is 2.26. The van der Waals surface area contributed by atoms with Gasteiger partial charge in [-0.2, -0.15) is 0 Å². The second kappa shape index (κ2) is 7.82. The lowest BCUT2D eigenvalue weighted by Gasteiger charge is -2.16. The first kappa shape index (κ1) is 18.0. The van der Waals surface area contributed by atoms with Gasteiger partial charge in [-0.1, -0.05) is 6.92 Å². The maximum absolute atomic E-state index is 11.8. The minimum absolute atomic E-state index is 0.00964. The molecule has 1 aliphatic rings. The molecule has 1 aliphatic carbocycles. The molecule has 122 valence electrons. The molecule has 0 heterocycles. The third-order valence-electron chi connectivity index (χ3n) is 3.73. The van der Waals surface area contributed by atoms with E-state index in [1.54, 1.807) is 6.92 Å². The van der Waals surface area contributed by atoms with Crippen LogP contribution in [0.4, 0.5) is 0 Å². The van der Waals surface area contributed by atoms with Gasteiger partial charge in [0.25, 0.3) is 0 Å². The standard InChI is InChI=1S/C15H22N2O5/c1-8-6-12(19)11(14(8)21)4-5-13(20)17-10(3)15(22)16-9(2)7-18/h7-11H,4-6H2,1-3H3,(H,16,22)(H,17,20). The first-order valence-electron chi connectivity index (χ1n) is 7.37. The van der Waals surface area contributed by atoms with Crippen LogP contribution in [0.15, 0.2) is 0 Å². The first-order valence-corrected chi connectivity index (χ1v) is 7.37. The Bertz CT molecular complexity index is 488. The van der Waals surface area contributed by atoms with E-state index in [0.29, 0.717) is 6.29 Å². The molecule has 4 unspecified atom stereocenters. The van der Waals surface area contributed by atoms with Crippen LogP contribution in [0.5, 0.6) is 0 Å². The van der Waals surface area contributed by atoms with Crippen molar-refractivity contribution in [2.45, 2.75) is 52.1 Å². The number of Topliss-reactive ketones (excluding diaryl/α,β-unsaturated/α-hetero) is 2. The van der Waals surface area contributed by atoms with Gasteiger partial charge < -0.3 is 15.4 Å². The first-order chi connectivity index (χ1) is 10.3. The molecule has 0 spiro atoms. The molecule has 1 rings (SSSR count). The molecular formula is C15H22N2O5. The van der Waals surface area contributed by atoms with Crippen molar-refractivity contribution in [1.82, 2.24) is 10.6 Å². The second-order valence-corrected chi connectivity index (χ2v) is 5.79. The van der Waals surface area contributed by atoms with E-state index >= 15 is 0 Å². The van der Waals surface area contributed by atoms with Crippen LogP contribution in [0.3, 0.4) is 0 Å². The average molecular weight is 310 g/mol. The molecule has 2 amide bonds. The molecule has 7 heteroatoms. The van der Waals surface area contributed by atoms with Crippen LogP contribution in [0.1, 0.15) is 40.0 Å². The van der Waals surface area contributed by atoms with Gasteiger partial charge in [-0.05, 0) is 20.3 Å². The van der Waals surface area contributed by atoms with Gasteiger partial charge in [0, 0.05) is 18.8 Å². The smallest absolute Gasteiger partial charge is 0.242 e. The summed E-state index contributed by atoms with van der Waals surface area (Å²) in [7, 11) is 0. The molecule has 7 nitrogen and oxygen atoms in total. The van der Waals surface area contributed by atoms with E-state index in [9.17, 15) is 24.0 Å². The SMILES string of the molecule is CC(C=O)NC(=O)C(C)NC(=O)CCC1C(=O)CC(C)C1=O. The summed E-state index contributed by atoms with van der Waals surface area (Å²) in [5.41, 5.74) is 0.